The number of aromatic nitrogens is 1. The van der Waals surface area contributed by atoms with Gasteiger partial charge in [-0.15, -0.1) is 11.3 Å². The summed E-state index contributed by atoms with van der Waals surface area (Å²) in [6.07, 6.45) is 3.59. The van der Waals surface area contributed by atoms with Crippen molar-refractivity contribution in [1.82, 2.24) is 4.98 Å². The van der Waals surface area contributed by atoms with Gasteiger partial charge in [0, 0.05) is 27.5 Å². The summed E-state index contributed by atoms with van der Waals surface area (Å²) < 4.78 is 0. The molecule has 96 valence electrons. The van der Waals surface area contributed by atoms with Crippen molar-refractivity contribution < 1.29 is 5.11 Å². The van der Waals surface area contributed by atoms with Crippen molar-refractivity contribution in [2.45, 2.75) is 19.4 Å². The van der Waals surface area contributed by atoms with Crippen molar-refractivity contribution in [3.63, 3.8) is 0 Å². The molecule has 19 heavy (non-hydrogen) atoms. The van der Waals surface area contributed by atoms with Crippen LogP contribution in [0.5, 0.6) is 0 Å². The third-order valence-corrected chi connectivity index (χ3v) is 4.64. The molecule has 0 aliphatic rings. The number of pyridine rings is 1. The van der Waals surface area contributed by atoms with Crippen molar-refractivity contribution in [1.29, 1.82) is 0 Å². The lowest BCUT2D eigenvalue weighted by atomic mass is 9.90. The minimum absolute atomic E-state index is 0.903. The highest BCUT2D eigenvalue weighted by Crippen LogP contribution is 2.37. The molecule has 0 spiro atoms. The lowest BCUT2D eigenvalue weighted by Crippen LogP contribution is -2.21. The number of hydrogen-bond acceptors (Lipinski definition) is 3. The number of thiophene rings is 1. The predicted octanol–water partition coefficient (Wildman–Crippen LogP) is 3.86. The van der Waals surface area contributed by atoms with Gasteiger partial charge >= 0.3 is 0 Å². The quantitative estimate of drug-likeness (QED) is 0.766. The fraction of sp³-hybridized carbons (Fsp3) is 0.188. The summed E-state index contributed by atoms with van der Waals surface area (Å²) in [5.74, 6) is 0. The molecule has 3 aromatic rings. The van der Waals surface area contributed by atoms with E-state index in [2.05, 4.69) is 11.9 Å². The van der Waals surface area contributed by atoms with E-state index in [9.17, 15) is 5.11 Å². The molecule has 2 nitrogen and oxygen atoms in total. The van der Waals surface area contributed by atoms with Gasteiger partial charge < -0.3 is 5.11 Å². The smallest absolute Gasteiger partial charge is 0.122 e. The maximum Gasteiger partial charge on any atom is 0.122 e. The van der Waals surface area contributed by atoms with Gasteiger partial charge in [-0.3, -0.25) is 4.98 Å². The third kappa shape index (κ3) is 2.05. The van der Waals surface area contributed by atoms with Crippen LogP contribution in [0.1, 0.15) is 22.2 Å². The third-order valence-electron chi connectivity index (χ3n) is 3.43. The molecule has 2 aromatic heterocycles. The number of fused-ring (bicyclic) bond motifs is 1. The van der Waals surface area contributed by atoms with Crippen molar-refractivity contribution in [3.8, 4) is 0 Å². The van der Waals surface area contributed by atoms with Gasteiger partial charge in [-0.25, -0.2) is 0 Å². The van der Waals surface area contributed by atoms with Crippen LogP contribution in [0, 0.1) is 6.92 Å². The van der Waals surface area contributed by atoms with Crippen LogP contribution >= 0.6 is 11.3 Å². The number of nitrogens with zero attached hydrogens (tertiary/aromatic N) is 1. The van der Waals surface area contributed by atoms with E-state index in [1.165, 1.54) is 4.88 Å². The lowest BCUT2D eigenvalue weighted by molar-refractivity contribution is 0.108. The van der Waals surface area contributed by atoms with Crippen LogP contribution < -0.4 is 0 Å². The first kappa shape index (κ1) is 12.3. The van der Waals surface area contributed by atoms with Crippen LogP contribution in [0.15, 0.2) is 48.8 Å². The molecule has 0 saturated heterocycles. The van der Waals surface area contributed by atoms with Crippen molar-refractivity contribution in [2.75, 3.05) is 0 Å². The van der Waals surface area contributed by atoms with Gasteiger partial charge in [-0.1, -0.05) is 18.2 Å². The molecular weight excluding hydrogens is 254 g/mol. The van der Waals surface area contributed by atoms with Crippen LogP contribution in [0.25, 0.3) is 10.8 Å². The molecule has 0 amide bonds. The summed E-state index contributed by atoms with van der Waals surface area (Å²) in [5.41, 5.74) is -0.0819. The van der Waals surface area contributed by atoms with Crippen LogP contribution in [-0.4, -0.2) is 10.1 Å². The second-order valence-corrected chi connectivity index (χ2v) is 6.17. The van der Waals surface area contributed by atoms with E-state index >= 15 is 0 Å². The summed E-state index contributed by atoms with van der Waals surface area (Å²) in [7, 11) is 0. The Morgan fingerprint density at radius 1 is 1.16 bits per heavy atom. The Balaban J connectivity index is 2.23. The Labute approximate surface area is 116 Å². The standard InChI is InChI=1S/C16H15NOS/c1-11-6-7-15(19-11)16(2,18)14-5-3-4-12-8-9-17-10-13(12)14/h3-10,18H,1-2H3. The van der Waals surface area contributed by atoms with Crippen LogP contribution in [0.4, 0.5) is 0 Å². The molecule has 2 heterocycles. The highest BCUT2D eigenvalue weighted by molar-refractivity contribution is 7.12. The Kier molecular flexibility index (Phi) is 2.88. The molecule has 3 rings (SSSR count). The zero-order valence-corrected chi connectivity index (χ0v) is 11.7. The molecule has 0 fully saturated rings. The predicted molar refractivity (Wildman–Crippen MR) is 79.5 cm³/mol. The summed E-state index contributed by atoms with van der Waals surface area (Å²) in [6, 6.07) is 12.0. The maximum atomic E-state index is 11.0. The minimum atomic E-state index is -0.985. The molecule has 0 aliphatic heterocycles. The largest absolute Gasteiger partial charge is 0.380 e. The van der Waals surface area contributed by atoms with Crippen molar-refractivity contribution >= 4 is 22.1 Å². The summed E-state index contributed by atoms with van der Waals surface area (Å²) >= 11 is 1.63. The fourth-order valence-electron chi connectivity index (χ4n) is 2.37. The molecule has 1 N–H and O–H groups in total. The van der Waals surface area contributed by atoms with Gasteiger partial charge in [-0.05, 0) is 43.0 Å². The van der Waals surface area contributed by atoms with E-state index in [0.717, 1.165) is 21.2 Å². The minimum Gasteiger partial charge on any atom is -0.380 e. The molecule has 3 heteroatoms. The maximum absolute atomic E-state index is 11.0. The number of rotatable bonds is 2. The summed E-state index contributed by atoms with van der Waals surface area (Å²) in [6.45, 7) is 3.90. The van der Waals surface area contributed by atoms with E-state index in [-0.39, 0.29) is 0 Å². The van der Waals surface area contributed by atoms with Crippen LogP contribution in [0.2, 0.25) is 0 Å². The van der Waals surface area contributed by atoms with E-state index in [0.29, 0.717) is 0 Å². The number of aryl methyl sites for hydroxylation is 1. The first-order chi connectivity index (χ1) is 9.09. The highest BCUT2D eigenvalue weighted by atomic mass is 32.1. The van der Waals surface area contributed by atoms with Crippen LogP contribution in [0.3, 0.4) is 0 Å². The molecule has 0 bridgehead atoms. The molecule has 1 atom stereocenters. The van der Waals surface area contributed by atoms with Gasteiger partial charge in [0.1, 0.15) is 5.60 Å². The Morgan fingerprint density at radius 2 is 2.00 bits per heavy atom. The highest BCUT2D eigenvalue weighted by Gasteiger charge is 2.28. The first-order valence-corrected chi connectivity index (χ1v) is 7.03. The average molecular weight is 269 g/mol. The summed E-state index contributed by atoms with van der Waals surface area (Å²) in [4.78, 5) is 6.34. The molecule has 0 saturated carbocycles. The van der Waals surface area contributed by atoms with Gasteiger partial charge in [0.05, 0.1) is 0 Å². The zero-order chi connectivity index (χ0) is 13.5. The van der Waals surface area contributed by atoms with E-state index in [1.807, 2.05) is 49.5 Å². The van der Waals surface area contributed by atoms with Crippen molar-refractivity contribution in [3.05, 3.63) is 64.1 Å². The number of benzene rings is 1. The van der Waals surface area contributed by atoms with E-state index in [4.69, 9.17) is 0 Å². The second-order valence-electron chi connectivity index (χ2n) is 4.88. The van der Waals surface area contributed by atoms with E-state index in [1.54, 1.807) is 17.5 Å². The van der Waals surface area contributed by atoms with Gasteiger partial charge in [-0.2, -0.15) is 0 Å². The first-order valence-electron chi connectivity index (χ1n) is 6.21. The Bertz CT molecular complexity index is 725. The molecule has 0 aliphatic carbocycles. The number of hydrogen-bond donors (Lipinski definition) is 1. The SMILES string of the molecule is Cc1ccc(C(C)(O)c2cccc3ccncc23)s1. The summed E-state index contributed by atoms with van der Waals surface area (Å²) in [5, 5.41) is 13.1. The average Bonchev–Trinajstić information content (AvgIpc) is 2.85. The van der Waals surface area contributed by atoms with E-state index < -0.39 is 5.60 Å². The zero-order valence-electron chi connectivity index (χ0n) is 10.9. The van der Waals surface area contributed by atoms with Crippen molar-refractivity contribution in [2.24, 2.45) is 0 Å². The Morgan fingerprint density at radius 3 is 2.74 bits per heavy atom. The Hall–Kier alpha value is -1.71. The van der Waals surface area contributed by atoms with Crippen LogP contribution in [-0.2, 0) is 5.60 Å². The molecule has 1 aromatic carbocycles. The normalized spacial score (nSPS) is 14.5. The van der Waals surface area contributed by atoms with Gasteiger partial charge in [0.25, 0.3) is 0 Å². The molecule has 1 unspecified atom stereocenters. The topological polar surface area (TPSA) is 33.1 Å². The second kappa shape index (κ2) is 4.44. The van der Waals surface area contributed by atoms with Gasteiger partial charge in [0.15, 0.2) is 0 Å². The molecular formula is C16H15NOS. The molecule has 0 radical (unpaired) electrons. The number of aliphatic hydroxyl groups is 1. The monoisotopic (exact) mass is 269 g/mol. The fourth-order valence-corrected chi connectivity index (χ4v) is 3.29. The lowest BCUT2D eigenvalue weighted by Gasteiger charge is -2.24. The van der Waals surface area contributed by atoms with Gasteiger partial charge in [0.2, 0.25) is 0 Å².